The summed E-state index contributed by atoms with van der Waals surface area (Å²) in [5.41, 5.74) is 0. The number of methoxy groups -OCH3 is 2. The molecule has 1 atom stereocenters. The predicted octanol–water partition coefficient (Wildman–Crippen LogP) is 2.71. The van der Waals surface area contributed by atoms with Crippen LogP contribution >= 0.6 is 0 Å². The summed E-state index contributed by atoms with van der Waals surface area (Å²) in [5.74, 6) is 1.76. The van der Waals surface area contributed by atoms with Crippen molar-refractivity contribution in [1.29, 1.82) is 0 Å². The first-order valence-corrected chi connectivity index (χ1v) is 8.37. The van der Waals surface area contributed by atoms with E-state index < -0.39 is 6.10 Å². The summed E-state index contributed by atoms with van der Waals surface area (Å²) >= 11 is 0. The number of nitrogens with zero attached hydrogens (tertiary/aromatic N) is 1. The molecule has 1 fully saturated rings. The lowest BCUT2D eigenvalue weighted by atomic mass is 9.94. The van der Waals surface area contributed by atoms with Gasteiger partial charge in [0.05, 0.1) is 14.2 Å². The number of hydrogen-bond acceptors (Lipinski definition) is 5. The van der Waals surface area contributed by atoms with Gasteiger partial charge >= 0.3 is 0 Å². The standard InChI is InChI=1S/C18H29NO4/c1-19(14-8-5-4-6-9-14)12-15(20)13-23-18-16(21-2)10-7-11-17(18)22-3/h7,10-11,14-15,20H,4-6,8-9,12-13H2,1-3H3/t15-/m1/s1. The fourth-order valence-corrected chi connectivity index (χ4v) is 3.19. The molecule has 0 bridgehead atoms. The molecule has 1 aliphatic rings. The average molecular weight is 323 g/mol. The van der Waals surface area contributed by atoms with Crippen LogP contribution in [0.5, 0.6) is 17.2 Å². The predicted molar refractivity (Wildman–Crippen MR) is 90.6 cm³/mol. The van der Waals surface area contributed by atoms with Crippen LogP contribution in [-0.4, -0.2) is 56.6 Å². The topological polar surface area (TPSA) is 51.2 Å². The summed E-state index contributed by atoms with van der Waals surface area (Å²) in [6.07, 6.45) is 5.83. The highest BCUT2D eigenvalue weighted by Crippen LogP contribution is 2.36. The molecule has 1 N–H and O–H groups in total. The minimum atomic E-state index is -0.545. The SMILES string of the molecule is COc1cccc(OC)c1OC[C@H](O)CN(C)C1CCCCC1. The molecule has 0 aromatic heterocycles. The Morgan fingerprint density at radius 3 is 2.30 bits per heavy atom. The first-order chi connectivity index (χ1) is 11.2. The Balaban J connectivity index is 1.87. The normalized spacial score (nSPS) is 17.1. The van der Waals surface area contributed by atoms with Gasteiger partial charge in [-0.2, -0.15) is 0 Å². The van der Waals surface area contributed by atoms with Crippen molar-refractivity contribution < 1.29 is 19.3 Å². The van der Waals surface area contributed by atoms with E-state index in [0.717, 1.165) is 0 Å². The Morgan fingerprint density at radius 2 is 1.74 bits per heavy atom. The molecular formula is C18H29NO4. The molecule has 23 heavy (non-hydrogen) atoms. The summed E-state index contributed by atoms with van der Waals surface area (Å²) in [6, 6.07) is 6.06. The maximum absolute atomic E-state index is 10.3. The van der Waals surface area contributed by atoms with Crippen molar-refractivity contribution >= 4 is 0 Å². The molecule has 0 aliphatic heterocycles. The Morgan fingerprint density at radius 1 is 1.13 bits per heavy atom. The third kappa shape index (κ3) is 5.01. The first kappa shape index (κ1) is 17.9. The van der Waals surface area contributed by atoms with Gasteiger partial charge in [0.2, 0.25) is 5.75 Å². The molecular weight excluding hydrogens is 294 g/mol. The number of hydrogen-bond donors (Lipinski definition) is 1. The van der Waals surface area contributed by atoms with E-state index in [2.05, 4.69) is 11.9 Å². The number of likely N-dealkylation sites (N-methyl/N-ethyl adjacent to an activating group) is 1. The summed E-state index contributed by atoms with van der Waals surface area (Å²) in [5, 5.41) is 10.3. The zero-order valence-electron chi connectivity index (χ0n) is 14.5. The lowest BCUT2D eigenvalue weighted by Crippen LogP contribution is -2.40. The Kier molecular flexibility index (Phi) is 6.99. The monoisotopic (exact) mass is 323 g/mol. The molecule has 0 unspecified atom stereocenters. The lowest BCUT2D eigenvalue weighted by molar-refractivity contribution is 0.0545. The fourth-order valence-electron chi connectivity index (χ4n) is 3.19. The van der Waals surface area contributed by atoms with Gasteiger partial charge < -0.3 is 24.2 Å². The van der Waals surface area contributed by atoms with E-state index in [1.807, 2.05) is 18.2 Å². The van der Waals surface area contributed by atoms with Crippen LogP contribution in [0.2, 0.25) is 0 Å². The summed E-state index contributed by atoms with van der Waals surface area (Å²) < 4.78 is 16.4. The number of para-hydroxylation sites is 1. The minimum Gasteiger partial charge on any atom is -0.493 e. The van der Waals surface area contributed by atoms with Crippen LogP contribution in [0.1, 0.15) is 32.1 Å². The van der Waals surface area contributed by atoms with Crippen molar-refractivity contribution in [3.8, 4) is 17.2 Å². The summed E-state index contributed by atoms with van der Waals surface area (Å²) in [7, 11) is 5.27. The third-order valence-corrected chi connectivity index (χ3v) is 4.50. The van der Waals surface area contributed by atoms with Gasteiger partial charge in [0, 0.05) is 12.6 Å². The second kappa shape index (κ2) is 8.99. The van der Waals surface area contributed by atoms with Crippen LogP contribution < -0.4 is 14.2 Å². The van der Waals surface area contributed by atoms with E-state index in [1.165, 1.54) is 32.1 Å². The summed E-state index contributed by atoms with van der Waals surface area (Å²) in [6.45, 7) is 0.829. The van der Waals surface area contributed by atoms with Crippen molar-refractivity contribution in [2.45, 2.75) is 44.2 Å². The molecule has 1 aromatic carbocycles. The smallest absolute Gasteiger partial charge is 0.203 e. The second-order valence-corrected chi connectivity index (χ2v) is 6.19. The number of rotatable bonds is 8. The molecule has 5 nitrogen and oxygen atoms in total. The Bertz CT molecular complexity index is 452. The van der Waals surface area contributed by atoms with E-state index in [1.54, 1.807) is 14.2 Å². The van der Waals surface area contributed by atoms with E-state index in [-0.39, 0.29) is 6.61 Å². The van der Waals surface area contributed by atoms with Gasteiger partial charge in [-0.1, -0.05) is 25.3 Å². The van der Waals surface area contributed by atoms with Gasteiger partial charge in [0.25, 0.3) is 0 Å². The van der Waals surface area contributed by atoms with Crippen LogP contribution in [0.15, 0.2) is 18.2 Å². The summed E-state index contributed by atoms with van der Waals surface area (Å²) in [4.78, 5) is 2.26. The van der Waals surface area contributed by atoms with Crippen molar-refractivity contribution in [2.75, 3.05) is 34.4 Å². The zero-order valence-corrected chi connectivity index (χ0v) is 14.5. The zero-order chi connectivity index (χ0) is 16.7. The van der Waals surface area contributed by atoms with Gasteiger partial charge in [-0.05, 0) is 32.0 Å². The quantitative estimate of drug-likeness (QED) is 0.797. The molecule has 0 amide bonds. The fraction of sp³-hybridized carbons (Fsp3) is 0.667. The third-order valence-electron chi connectivity index (χ3n) is 4.50. The molecule has 2 rings (SSSR count). The molecule has 0 saturated heterocycles. The minimum absolute atomic E-state index is 0.216. The van der Waals surface area contributed by atoms with Crippen LogP contribution in [0.25, 0.3) is 0 Å². The van der Waals surface area contributed by atoms with E-state index in [0.29, 0.717) is 29.8 Å². The maximum Gasteiger partial charge on any atom is 0.203 e. The Hall–Kier alpha value is -1.46. The highest BCUT2D eigenvalue weighted by atomic mass is 16.5. The molecule has 0 heterocycles. The number of benzene rings is 1. The van der Waals surface area contributed by atoms with E-state index in [4.69, 9.17) is 14.2 Å². The molecule has 0 radical (unpaired) electrons. The molecule has 1 aromatic rings. The highest BCUT2D eigenvalue weighted by Gasteiger charge is 2.21. The van der Waals surface area contributed by atoms with Crippen LogP contribution in [-0.2, 0) is 0 Å². The highest BCUT2D eigenvalue weighted by molar-refractivity contribution is 5.51. The average Bonchev–Trinajstić information content (AvgIpc) is 2.60. The van der Waals surface area contributed by atoms with Crippen LogP contribution in [0, 0.1) is 0 Å². The van der Waals surface area contributed by atoms with Gasteiger partial charge in [-0.25, -0.2) is 0 Å². The Labute approximate surface area is 139 Å². The second-order valence-electron chi connectivity index (χ2n) is 6.19. The van der Waals surface area contributed by atoms with Gasteiger partial charge in [-0.15, -0.1) is 0 Å². The van der Waals surface area contributed by atoms with Crippen LogP contribution in [0.4, 0.5) is 0 Å². The van der Waals surface area contributed by atoms with Crippen LogP contribution in [0.3, 0.4) is 0 Å². The van der Waals surface area contributed by atoms with Gasteiger partial charge in [-0.3, -0.25) is 0 Å². The molecule has 5 heteroatoms. The number of aliphatic hydroxyl groups is 1. The largest absolute Gasteiger partial charge is 0.493 e. The van der Waals surface area contributed by atoms with Crippen molar-refractivity contribution in [3.05, 3.63) is 18.2 Å². The molecule has 1 aliphatic carbocycles. The van der Waals surface area contributed by atoms with E-state index in [9.17, 15) is 5.11 Å². The number of aliphatic hydroxyl groups excluding tert-OH is 1. The van der Waals surface area contributed by atoms with Crippen molar-refractivity contribution in [3.63, 3.8) is 0 Å². The first-order valence-electron chi connectivity index (χ1n) is 8.37. The number of ether oxygens (including phenoxy) is 3. The molecule has 1 saturated carbocycles. The maximum atomic E-state index is 10.3. The molecule has 0 spiro atoms. The van der Waals surface area contributed by atoms with E-state index >= 15 is 0 Å². The lowest BCUT2D eigenvalue weighted by Gasteiger charge is -2.32. The van der Waals surface area contributed by atoms with Crippen molar-refractivity contribution in [1.82, 2.24) is 4.90 Å². The van der Waals surface area contributed by atoms with Crippen molar-refractivity contribution in [2.24, 2.45) is 0 Å². The van der Waals surface area contributed by atoms with Gasteiger partial charge in [0.1, 0.15) is 12.7 Å². The molecule has 130 valence electrons. The van der Waals surface area contributed by atoms with Gasteiger partial charge in [0.15, 0.2) is 11.5 Å².